The van der Waals surface area contributed by atoms with Crippen molar-refractivity contribution in [1.29, 1.82) is 0 Å². The summed E-state index contributed by atoms with van der Waals surface area (Å²) in [6.45, 7) is 4.30. The third-order valence-electron chi connectivity index (χ3n) is 12.7. The van der Waals surface area contributed by atoms with Gasteiger partial charge in [-0.1, -0.05) is 259 Å². The van der Waals surface area contributed by atoms with Gasteiger partial charge >= 0.3 is 25.7 Å². The van der Waals surface area contributed by atoms with Crippen LogP contribution in [0.15, 0.2) is 109 Å². The van der Waals surface area contributed by atoms with Gasteiger partial charge in [0.1, 0.15) is 12.7 Å². The average molecular weight is 1110 g/mol. The van der Waals surface area contributed by atoms with E-state index in [4.69, 9.17) is 23.3 Å². The van der Waals surface area contributed by atoms with Gasteiger partial charge in [-0.25, -0.2) is 4.57 Å². The summed E-state index contributed by atoms with van der Waals surface area (Å²) < 4.78 is 39.5. The summed E-state index contributed by atoms with van der Waals surface area (Å²) in [5.41, 5.74) is 0. The van der Waals surface area contributed by atoms with Crippen LogP contribution in [-0.4, -0.2) is 66.5 Å². The van der Waals surface area contributed by atoms with Crippen LogP contribution in [0.1, 0.15) is 252 Å². The number of aliphatic hydroxyl groups is 1. The number of hydrogen-bond donors (Lipinski definition) is 2. The van der Waals surface area contributed by atoms with Crippen LogP contribution in [-0.2, 0) is 42.2 Å². The summed E-state index contributed by atoms with van der Waals surface area (Å²) >= 11 is 0. The summed E-state index contributed by atoms with van der Waals surface area (Å²) in [6.07, 6.45) is 72.2. The van der Waals surface area contributed by atoms with Crippen LogP contribution in [0.2, 0.25) is 0 Å². The van der Waals surface area contributed by atoms with E-state index >= 15 is 0 Å². The predicted molar refractivity (Wildman–Crippen MR) is 325 cm³/mol. The normalized spacial score (nSPS) is 14.1. The molecule has 0 bridgehead atoms. The number of aliphatic hydroxyl groups excluding tert-OH is 1. The maximum atomic E-state index is 12.9. The lowest BCUT2D eigenvalue weighted by Crippen LogP contribution is -2.30. The Balaban J connectivity index is 4.81. The Morgan fingerprint density at radius 2 is 0.718 bits per heavy atom. The summed E-state index contributed by atoms with van der Waals surface area (Å²) in [4.78, 5) is 48.6. The van der Waals surface area contributed by atoms with Crippen molar-refractivity contribution in [2.45, 2.75) is 264 Å². The zero-order chi connectivity index (χ0) is 56.9. The fraction of sp³-hybridized carbons (Fsp3) is 0.682. The average Bonchev–Trinajstić information content (AvgIpc) is 3.43. The minimum Gasteiger partial charge on any atom is -0.462 e. The van der Waals surface area contributed by atoms with E-state index in [0.29, 0.717) is 19.3 Å². The number of unbranched alkanes of at least 4 members (excludes halogenated alkanes) is 22. The van der Waals surface area contributed by atoms with Crippen LogP contribution in [0.4, 0.5) is 0 Å². The number of carbonyl (C=O) groups excluding carboxylic acids is 3. The largest absolute Gasteiger partial charge is 0.472 e. The number of phosphoric acid groups is 1. The molecule has 0 saturated carbocycles. The van der Waals surface area contributed by atoms with E-state index in [2.05, 4.69) is 106 Å². The van der Waals surface area contributed by atoms with Crippen LogP contribution in [0.3, 0.4) is 0 Å². The molecule has 0 amide bonds. The molecule has 0 heterocycles. The number of ether oxygens (including phenoxy) is 3. The molecule has 0 aromatic heterocycles. The first-order valence-electron chi connectivity index (χ1n) is 30.8. The minimum atomic E-state index is -4.79. The lowest BCUT2D eigenvalue weighted by atomic mass is 10.0. The molecule has 0 aliphatic carbocycles. The van der Waals surface area contributed by atoms with E-state index in [9.17, 15) is 28.9 Å². The maximum absolute atomic E-state index is 12.9. The Kier molecular flexibility index (Phi) is 56.3. The Bertz CT molecular complexity index is 1720. The second-order valence-electron chi connectivity index (χ2n) is 20.1. The summed E-state index contributed by atoms with van der Waals surface area (Å²) in [6, 6.07) is 0. The molecule has 0 aliphatic heterocycles. The van der Waals surface area contributed by atoms with Crippen LogP contribution in [0.5, 0.6) is 0 Å². The van der Waals surface area contributed by atoms with E-state index in [1.54, 1.807) is 6.08 Å². The minimum absolute atomic E-state index is 0.0608. The highest BCUT2D eigenvalue weighted by Gasteiger charge is 2.28. The van der Waals surface area contributed by atoms with Gasteiger partial charge in [-0.3, -0.25) is 23.4 Å². The van der Waals surface area contributed by atoms with Gasteiger partial charge in [0.05, 0.1) is 26.2 Å². The molecule has 0 rings (SSSR count). The summed E-state index contributed by atoms with van der Waals surface area (Å²) in [7, 11) is -4.79. The second-order valence-corrected chi connectivity index (χ2v) is 21.6. The van der Waals surface area contributed by atoms with Gasteiger partial charge in [-0.05, 0) is 83.5 Å². The molecular formula is C66H111O11P. The highest BCUT2D eigenvalue weighted by Crippen LogP contribution is 2.43. The first-order valence-corrected chi connectivity index (χ1v) is 32.3. The topological polar surface area (TPSA) is 155 Å². The molecule has 0 fully saturated rings. The number of allylic oxidation sites excluding steroid dienone is 17. The second kappa shape index (κ2) is 59.3. The van der Waals surface area contributed by atoms with Gasteiger partial charge in [0.25, 0.3) is 0 Å². The Morgan fingerprint density at radius 3 is 1.13 bits per heavy atom. The van der Waals surface area contributed by atoms with Crippen molar-refractivity contribution in [1.82, 2.24) is 0 Å². The van der Waals surface area contributed by atoms with Gasteiger partial charge in [0, 0.05) is 12.8 Å². The number of carbonyl (C=O) groups is 3. The molecule has 3 atom stereocenters. The first-order chi connectivity index (χ1) is 38.2. The molecule has 0 aromatic rings. The molecule has 11 nitrogen and oxygen atoms in total. The maximum Gasteiger partial charge on any atom is 0.472 e. The van der Waals surface area contributed by atoms with Crippen LogP contribution < -0.4 is 0 Å². The zero-order valence-electron chi connectivity index (χ0n) is 49.3. The molecule has 0 spiro atoms. The molecule has 12 heteroatoms. The van der Waals surface area contributed by atoms with Crippen molar-refractivity contribution in [3.8, 4) is 0 Å². The zero-order valence-corrected chi connectivity index (χ0v) is 50.2. The lowest BCUT2D eigenvalue weighted by molar-refractivity contribution is -0.161. The molecule has 446 valence electrons. The van der Waals surface area contributed by atoms with Crippen molar-refractivity contribution in [3.63, 3.8) is 0 Å². The Labute approximate surface area is 475 Å². The number of hydrogen-bond acceptors (Lipinski definition) is 10. The highest BCUT2D eigenvalue weighted by atomic mass is 31.2. The van der Waals surface area contributed by atoms with Crippen molar-refractivity contribution < 1.29 is 52.2 Å². The fourth-order valence-electron chi connectivity index (χ4n) is 8.13. The van der Waals surface area contributed by atoms with Gasteiger partial charge in [-0.15, -0.1) is 0 Å². The summed E-state index contributed by atoms with van der Waals surface area (Å²) in [5.74, 6) is -1.63. The molecule has 0 saturated heterocycles. The Hall–Kier alpha value is -3.86. The smallest absolute Gasteiger partial charge is 0.462 e. The van der Waals surface area contributed by atoms with Gasteiger partial charge < -0.3 is 24.2 Å². The Morgan fingerprint density at radius 1 is 0.385 bits per heavy atom. The molecule has 2 N–H and O–H groups in total. The molecule has 0 aromatic carbocycles. The van der Waals surface area contributed by atoms with Gasteiger partial charge in [-0.2, -0.15) is 0 Å². The van der Waals surface area contributed by atoms with E-state index in [0.717, 1.165) is 96.3 Å². The molecule has 78 heavy (non-hydrogen) atoms. The molecule has 0 radical (unpaired) electrons. The highest BCUT2D eigenvalue weighted by molar-refractivity contribution is 7.47. The van der Waals surface area contributed by atoms with Crippen molar-refractivity contribution in [2.24, 2.45) is 0 Å². The number of phosphoric ester groups is 1. The van der Waals surface area contributed by atoms with Crippen molar-refractivity contribution in [2.75, 3.05) is 26.4 Å². The standard InChI is InChI=1S/C66H111O11P/c1-4-7-10-13-16-19-22-25-28-30-31-33-35-37-40-43-46-49-52-55-64(68)73-59-63(77-66(70)57-54-51-48-45-42-39-36-32-29-26-23-20-17-14-11-8-5-2)61-75-78(71,72)74-60-62(58-67)76-65(69)56-53-50-47-44-41-38-34-27-24-21-18-15-12-9-6-3/h8-9,11-12,17-18,20-21,26-27,29,34,36,39,41,44,50,53,62-63,67H,4-7,10,13-16,19,22-25,28,30-33,35,37-38,40,42-43,45-49,51-52,54-61H2,1-3H3,(H,71,72)/b11-8-,12-9-,20-17-,21-18-,29-26-,34-27-,39-36-,44-41-,53-50-. The molecule has 0 aliphatic rings. The van der Waals surface area contributed by atoms with E-state index < -0.39 is 57.8 Å². The van der Waals surface area contributed by atoms with Crippen LogP contribution >= 0.6 is 7.82 Å². The first kappa shape index (κ1) is 74.1. The van der Waals surface area contributed by atoms with E-state index in [1.807, 2.05) is 18.2 Å². The van der Waals surface area contributed by atoms with Gasteiger partial charge in [0.2, 0.25) is 0 Å². The van der Waals surface area contributed by atoms with Crippen molar-refractivity contribution >= 4 is 25.7 Å². The number of esters is 3. The predicted octanol–water partition coefficient (Wildman–Crippen LogP) is 18.6. The summed E-state index contributed by atoms with van der Waals surface area (Å²) in [5, 5.41) is 9.81. The van der Waals surface area contributed by atoms with E-state index in [1.165, 1.54) is 96.3 Å². The molecular weight excluding hydrogens is 1000 g/mol. The lowest BCUT2D eigenvalue weighted by Gasteiger charge is -2.21. The SMILES string of the molecule is CC/C=C\C/C=C\C/C=C\C/C=C\C/C=C\CC(=O)OC(CO)COP(=O)(O)OCC(COC(=O)CCCCCCCCCCCCCCCCCCCCC)OC(=O)CCCCCC/C=C\C/C=C\C/C=C\C/C=C\CC. The quantitative estimate of drug-likeness (QED) is 0.0197. The number of rotatable bonds is 56. The fourth-order valence-corrected chi connectivity index (χ4v) is 8.91. The van der Waals surface area contributed by atoms with Crippen LogP contribution in [0, 0.1) is 0 Å². The third-order valence-corrected chi connectivity index (χ3v) is 13.7. The third kappa shape index (κ3) is 56.8. The van der Waals surface area contributed by atoms with Crippen LogP contribution in [0.25, 0.3) is 0 Å². The van der Waals surface area contributed by atoms with Gasteiger partial charge in [0.15, 0.2) is 6.10 Å². The molecule has 3 unspecified atom stereocenters. The van der Waals surface area contributed by atoms with Crippen molar-refractivity contribution in [3.05, 3.63) is 109 Å². The monoisotopic (exact) mass is 1110 g/mol. The van der Waals surface area contributed by atoms with E-state index in [-0.39, 0.29) is 25.9 Å².